The highest BCUT2D eigenvalue weighted by molar-refractivity contribution is 5.83. The number of fused-ring (bicyclic) bond motifs is 1. The van der Waals surface area contributed by atoms with Crippen molar-refractivity contribution in [3.63, 3.8) is 0 Å². The predicted molar refractivity (Wildman–Crippen MR) is 88.0 cm³/mol. The minimum atomic E-state index is -0.108. The second kappa shape index (κ2) is 7.79. The van der Waals surface area contributed by atoms with E-state index >= 15 is 0 Å². The molecule has 0 spiro atoms. The van der Waals surface area contributed by atoms with Crippen LogP contribution in [0.5, 0.6) is 0 Å². The van der Waals surface area contributed by atoms with E-state index in [0.29, 0.717) is 13.0 Å². The van der Waals surface area contributed by atoms with E-state index in [1.807, 2.05) is 18.2 Å². The van der Waals surface area contributed by atoms with Gasteiger partial charge in [-0.05, 0) is 28.8 Å². The monoisotopic (exact) mass is 284 g/mol. The highest BCUT2D eigenvalue weighted by atomic mass is 16.1. The second-order valence-electron chi connectivity index (χ2n) is 5.42. The van der Waals surface area contributed by atoms with Gasteiger partial charge in [0.15, 0.2) is 0 Å². The topological polar surface area (TPSA) is 55.1 Å². The first-order valence-corrected chi connectivity index (χ1v) is 7.72. The third kappa shape index (κ3) is 4.30. The lowest BCUT2D eigenvalue weighted by atomic mass is 10.0. The molecule has 3 N–H and O–H groups in total. The summed E-state index contributed by atoms with van der Waals surface area (Å²) in [5.74, 6) is 0.0899. The largest absolute Gasteiger partial charge is 0.348 e. The Labute approximate surface area is 126 Å². The first-order valence-electron chi connectivity index (χ1n) is 7.72. The zero-order valence-electron chi connectivity index (χ0n) is 12.6. The average molecular weight is 284 g/mol. The predicted octanol–water partition coefficient (Wildman–Crippen LogP) is 3.54. The maximum atomic E-state index is 12.0. The van der Waals surface area contributed by atoms with Gasteiger partial charge in [0.05, 0.1) is 6.04 Å². The number of nitrogens with one attached hydrogen (secondary N) is 1. The minimum Gasteiger partial charge on any atom is -0.348 e. The van der Waals surface area contributed by atoms with Gasteiger partial charge in [0.2, 0.25) is 5.91 Å². The van der Waals surface area contributed by atoms with Crippen molar-refractivity contribution in [2.75, 3.05) is 6.54 Å². The summed E-state index contributed by atoms with van der Waals surface area (Å²) in [6.07, 6.45) is 3.74. The fraction of sp³-hybridized carbons (Fsp3) is 0.389. The van der Waals surface area contributed by atoms with Gasteiger partial charge in [0.1, 0.15) is 0 Å². The van der Waals surface area contributed by atoms with Crippen molar-refractivity contribution < 1.29 is 4.79 Å². The van der Waals surface area contributed by atoms with Crippen molar-refractivity contribution in [2.45, 2.75) is 38.6 Å². The van der Waals surface area contributed by atoms with Gasteiger partial charge in [-0.25, -0.2) is 0 Å². The summed E-state index contributed by atoms with van der Waals surface area (Å²) in [7, 11) is 0. The van der Waals surface area contributed by atoms with Gasteiger partial charge in [-0.3, -0.25) is 4.79 Å². The summed E-state index contributed by atoms with van der Waals surface area (Å²) in [4.78, 5) is 12.0. The Hall–Kier alpha value is -1.87. The summed E-state index contributed by atoms with van der Waals surface area (Å²) in [6.45, 7) is 2.55. The molecule has 3 nitrogen and oxygen atoms in total. The molecule has 1 atom stereocenters. The van der Waals surface area contributed by atoms with E-state index in [9.17, 15) is 4.79 Å². The van der Waals surface area contributed by atoms with Crippen LogP contribution in [0.3, 0.4) is 0 Å². The molecule has 0 aromatic heterocycles. The van der Waals surface area contributed by atoms with Crippen LogP contribution in [0, 0.1) is 0 Å². The zero-order chi connectivity index (χ0) is 15.1. The molecule has 0 radical (unpaired) electrons. The SMILES string of the molecule is CCCCCC(=O)NC(CN)c1ccc2ccccc2c1. The maximum Gasteiger partial charge on any atom is 0.220 e. The first kappa shape index (κ1) is 15.5. The van der Waals surface area contributed by atoms with Crippen LogP contribution in [0.4, 0.5) is 0 Å². The molecule has 0 saturated heterocycles. The summed E-state index contributed by atoms with van der Waals surface area (Å²) in [6, 6.07) is 14.3. The van der Waals surface area contributed by atoms with Crippen molar-refractivity contribution in [1.82, 2.24) is 5.32 Å². The minimum absolute atomic E-state index is 0.0899. The van der Waals surface area contributed by atoms with Gasteiger partial charge < -0.3 is 11.1 Å². The lowest BCUT2D eigenvalue weighted by Crippen LogP contribution is -2.33. The Morgan fingerprint density at radius 1 is 1.14 bits per heavy atom. The molecule has 0 aliphatic heterocycles. The van der Waals surface area contributed by atoms with Crippen LogP contribution in [0.15, 0.2) is 42.5 Å². The van der Waals surface area contributed by atoms with Crippen LogP contribution in [0.2, 0.25) is 0 Å². The van der Waals surface area contributed by atoms with Crippen LogP contribution < -0.4 is 11.1 Å². The van der Waals surface area contributed by atoms with E-state index in [-0.39, 0.29) is 11.9 Å². The van der Waals surface area contributed by atoms with Crippen LogP contribution in [0.1, 0.15) is 44.2 Å². The van der Waals surface area contributed by atoms with E-state index in [4.69, 9.17) is 5.73 Å². The Bertz CT molecular complexity index is 595. The molecule has 2 rings (SSSR count). The van der Waals surface area contributed by atoms with Crippen LogP contribution in [-0.2, 0) is 4.79 Å². The fourth-order valence-corrected chi connectivity index (χ4v) is 2.50. The molecular formula is C18H24N2O. The number of carbonyl (C=O) groups excluding carboxylic acids is 1. The van der Waals surface area contributed by atoms with Crippen molar-refractivity contribution in [3.8, 4) is 0 Å². The average Bonchev–Trinajstić information content (AvgIpc) is 2.52. The summed E-state index contributed by atoms with van der Waals surface area (Å²) < 4.78 is 0. The van der Waals surface area contributed by atoms with E-state index in [0.717, 1.165) is 24.8 Å². The molecule has 0 fully saturated rings. The molecule has 2 aromatic rings. The molecule has 1 amide bonds. The molecule has 0 bridgehead atoms. The van der Waals surface area contributed by atoms with E-state index in [1.54, 1.807) is 0 Å². The third-order valence-electron chi connectivity index (χ3n) is 3.75. The van der Waals surface area contributed by atoms with Gasteiger partial charge >= 0.3 is 0 Å². The summed E-state index contributed by atoms with van der Waals surface area (Å²) >= 11 is 0. The molecule has 21 heavy (non-hydrogen) atoms. The van der Waals surface area contributed by atoms with Crippen molar-refractivity contribution in [3.05, 3.63) is 48.0 Å². The van der Waals surface area contributed by atoms with Crippen LogP contribution >= 0.6 is 0 Å². The lowest BCUT2D eigenvalue weighted by molar-refractivity contribution is -0.121. The summed E-state index contributed by atoms with van der Waals surface area (Å²) in [5.41, 5.74) is 6.91. The first-order chi connectivity index (χ1) is 10.2. The molecule has 1 unspecified atom stereocenters. The number of carbonyl (C=O) groups is 1. The standard InChI is InChI=1S/C18H24N2O/c1-2-3-4-9-18(21)20-17(13-19)16-11-10-14-7-5-6-8-15(14)12-16/h5-8,10-12,17H,2-4,9,13,19H2,1H3,(H,20,21). The normalized spacial score (nSPS) is 12.3. The molecule has 2 aromatic carbocycles. The third-order valence-corrected chi connectivity index (χ3v) is 3.75. The number of hydrogen-bond acceptors (Lipinski definition) is 2. The number of nitrogens with two attached hydrogens (primary N) is 1. The van der Waals surface area contributed by atoms with Crippen LogP contribution in [0.25, 0.3) is 10.8 Å². The number of hydrogen-bond donors (Lipinski definition) is 2. The Kier molecular flexibility index (Phi) is 5.76. The number of unbranched alkanes of at least 4 members (excludes halogenated alkanes) is 2. The molecule has 0 heterocycles. The maximum absolute atomic E-state index is 12.0. The highest BCUT2D eigenvalue weighted by Crippen LogP contribution is 2.20. The second-order valence-corrected chi connectivity index (χ2v) is 5.42. The lowest BCUT2D eigenvalue weighted by Gasteiger charge is -2.18. The Balaban J connectivity index is 2.06. The van der Waals surface area contributed by atoms with Gasteiger partial charge in [0, 0.05) is 13.0 Å². The van der Waals surface area contributed by atoms with Crippen LogP contribution in [-0.4, -0.2) is 12.5 Å². The molecule has 0 aliphatic carbocycles. The fourth-order valence-electron chi connectivity index (χ4n) is 2.50. The smallest absolute Gasteiger partial charge is 0.220 e. The Morgan fingerprint density at radius 2 is 1.90 bits per heavy atom. The molecule has 0 aliphatic rings. The number of amides is 1. The number of benzene rings is 2. The van der Waals surface area contributed by atoms with Gasteiger partial charge in [-0.1, -0.05) is 56.2 Å². The number of rotatable bonds is 7. The Morgan fingerprint density at radius 3 is 2.62 bits per heavy atom. The van der Waals surface area contributed by atoms with Crippen molar-refractivity contribution >= 4 is 16.7 Å². The summed E-state index contributed by atoms with van der Waals surface area (Å²) in [5, 5.41) is 5.42. The van der Waals surface area contributed by atoms with Crippen molar-refractivity contribution in [2.24, 2.45) is 5.73 Å². The van der Waals surface area contributed by atoms with E-state index in [2.05, 4.69) is 36.5 Å². The molecule has 3 heteroatoms. The zero-order valence-corrected chi connectivity index (χ0v) is 12.6. The van der Waals surface area contributed by atoms with Crippen molar-refractivity contribution in [1.29, 1.82) is 0 Å². The highest BCUT2D eigenvalue weighted by Gasteiger charge is 2.13. The van der Waals surface area contributed by atoms with E-state index in [1.165, 1.54) is 10.8 Å². The van der Waals surface area contributed by atoms with Gasteiger partial charge in [-0.15, -0.1) is 0 Å². The molecular weight excluding hydrogens is 260 g/mol. The van der Waals surface area contributed by atoms with Gasteiger partial charge in [0.25, 0.3) is 0 Å². The van der Waals surface area contributed by atoms with E-state index < -0.39 is 0 Å². The molecule has 0 saturated carbocycles. The quantitative estimate of drug-likeness (QED) is 0.764. The molecule has 112 valence electrons. The van der Waals surface area contributed by atoms with Gasteiger partial charge in [-0.2, -0.15) is 0 Å².